The van der Waals surface area contributed by atoms with Gasteiger partial charge in [0.05, 0.1) is 30.1 Å². The Morgan fingerprint density at radius 1 is 1.02 bits per heavy atom. The van der Waals surface area contributed by atoms with Gasteiger partial charge in [0.2, 0.25) is 11.8 Å². The van der Waals surface area contributed by atoms with Crippen LogP contribution in [0.25, 0.3) is 22.0 Å². The zero-order chi connectivity index (χ0) is 31.7. The normalized spacial score (nSPS) is 16.1. The number of halogens is 3. The fourth-order valence-corrected chi connectivity index (χ4v) is 5.50. The third-order valence-corrected chi connectivity index (χ3v) is 7.64. The van der Waals surface area contributed by atoms with E-state index < -0.39 is 42.3 Å². The van der Waals surface area contributed by atoms with Crippen LogP contribution >= 0.6 is 11.6 Å². The van der Waals surface area contributed by atoms with E-state index in [9.17, 15) is 18.8 Å². The highest BCUT2D eigenvalue weighted by Crippen LogP contribution is 2.33. The molecular formula is C31H24ClF2N7O4. The van der Waals surface area contributed by atoms with Crippen LogP contribution in [0.1, 0.15) is 16.9 Å². The van der Waals surface area contributed by atoms with Crippen molar-refractivity contribution in [3.8, 4) is 22.6 Å². The summed E-state index contributed by atoms with van der Waals surface area (Å²) in [7, 11) is 0. The molecule has 11 nitrogen and oxygen atoms in total. The molecule has 0 radical (unpaired) electrons. The molecule has 2 aromatic heterocycles. The number of primary amides is 1. The van der Waals surface area contributed by atoms with Crippen LogP contribution < -0.4 is 15.8 Å². The SMILES string of the molecule is NC(=O)c1nn(CC(=O)N2CC(F)CC2C(=O)Nc2cccc(-c3ccccc3Cl)c2F)c2ccc(Oc3cncnc3)cc12. The van der Waals surface area contributed by atoms with Gasteiger partial charge in [-0.05, 0) is 30.3 Å². The van der Waals surface area contributed by atoms with Gasteiger partial charge in [-0.2, -0.15) is 5.10 Å². The van der Waals surface area contributed by atoms with Crippen LogP contribution in [0.15, 0.2) is 79.4 Å². The number of fused-ring (bicyclic) bond motifs is 1. The van der Waals surface area contributed by atoms with Crippen LogP contribution in [-0.2, 0) is 16.1 Å². The Morgan fingerprint density at radius 2 is 1.78 bits per heavy atom. The second-order valence-corrected chi connectivity index (χ2v) is 10.7. The van der Waals surface area contributed by atoms with Gasteiger partial charge in [-0.1, -0.05) is 41.9 Å². The number of carbonyl (C=O) groups is 3. The quantitative estimate of drug-likeness (QED) is 0.251. The molecule has 0 spiro atoms. The van der Waals surface area contributed by atoms with Crippen molar-refractivity contribution in [1.82, 2.24) is 24.6 Å². The Bertz CT molecular complexity index is 1940. The number of anilines is 1. The minimum atomic E-state index is -1.48. The maximum Gasteiger partial charge on any atom is 0.269 e. The molecule has 3 N–H and O–H groups in total. The lowest BCUT2D eigenvalue weighted by atomic mass is 10.0. The first-order valence-electron chi connectivity index (χ1n) is 13.7. The number of carbonyl (C=O) groups excluding carboxylic acids is 3. The number of benzene rings is 3. The van der Waals surface area contributed by atoms with Crippen LogP contribution in [0.5, 0.6) is 11.5 Å². The molecule has 3 heterocycles. The second-order valence-electron chi connectivity index (χ2n) is 10.3. The summed E-state index contributed by atoms with van der Waals surface area (Å²) >= 11 is 6.24. The van der Waals surface area contributed by atoms with Gasteiger partial charge in [0, 0.05) is 28.0 Å². The van der Waals surface area contributed by atoms with Crippen LogP contribution in [0, 0.1) is 5.82 Å². The molecule has 1 aliphatic heterocycles. The topological polar surface area (TPSA) is 145 Å². The van der Waals surface area contributed by atoms with Gasteiger partial charge in [-0.3, -0.25) is 19.1 Å². The summed E-state index contributed by atoms with van der Waals surface area (Å²) in [5.74, 6) is -2.26. The molecule has 1 saturated heterocycles. The first kappa shape index (κ1) is 29.6. The summed E-state index contributed by atoms with van der Waals surface area (Å²) in [5, 5.41) is 7.37. The minimum absolute atomic E-state index is 0.111. The molecule has 14 heteroatoms. The van der Waals surface area contributed by atoms with E-state index in [0.29, 0.717) is 33.0 Å². The van der Waals surface area contributed by atoms with Crippen molar-refractivity contribution in [3.63, 3.8) is 0 Å². The molecule has 228 valence electrons. The van der Waals surface area contributed by atoms with E-state index >= 15 is 4.39 Å². The Morgan fingerprint density at radius 3 is 2.53 bits per heavy atom. The third-order valence-electron chi connectivity index (χ3n) is 7.31. The average Bonchev–Trinajstić information content (AvgIpc) is 3.59. The number of amides is 3. The van der Waals surface area contributed by atoms with E-state index in [1.54, 1.807) is 42.5 Å². The molecule has 2 atom stereocenters. The van der Waals surface area contributed by atoms with Gasteiger partial charge in [0.1, 0.15) is 30.8 Å². The zero-order valence-corrected chi connectivity index (χ0v) is 24.1. The Labute approximate surface area is 259 Å². The van der Waals surface area contributed by atoms with Crippen LogP contribution in [-0.4, -0.2) is 61.1 Å². The van der Waals surface area contributed by atoms with Crippen LogP contribution in [0.4, 0.5) is 14.5 Å². The molecule has 0 aliphatic carbocycles. The highest BCUT2D eigenvalue weighted by molar-refractivity contribution is 6.33. The van der Waals surface area contributed by atoms with Crippen molar-refractivity contribution >= 4 is 45.9 Å². The highest BCUT2D eigenvalue weighted by atomic mass is 35.5. The molecule has 3 aromatic carbocycles. The number of nitrogens with one attached hydrogen (secondary N) is 1. The third kappa shape index (κ3) is 6.02. The van der Waals surface area contributed by atoms with E-state index in [-0.39, 0.29) is 29.9 Å². The van der Waals surface area contributed by atoms with E-state index in [0.717, 1.165) is 4.90 Å². The van der Waals surface area contributed by atoms with Gasteiger partial charge in [0.15, 0.2) is 17.3 Å². The Balaban J connectivity index is 1.23. The smallest absolute Gasteiger partial charge is 0.269 e. The lowest BCUT2D eigenvalue weighted by Gasteiger charge is -2.24. The number of nitrogens with two attached hydrogens (primary N) is 1. The molecule has 0 bridgehead atoms. The van der Waals surface area contributed by atoms with Crippen LogP contribution in [0.2, 0.25) is 5.02 Å². The molecule has 3 amide bonds. The monoisotopic (exact) mass is 631 g/mol. The number of hydrogen-bond donors (Lipinski definition) is 2. The van der Waals surface area contributed by atoms with Crippen molar-refractivity contribution in [2.24, 2.45) is 5.73 Å². The molecule has 1 aliphatic rings. The fraction of sp³-hybridized carbons (Fsp3) is 0.161. The lowest BCUT2D eigenvalue weighted by molar-refractivity contribution is -0.137. The Hall–Kier alpha value is -5.43. The second kappa shape index (κ2) is 12.3. The van der Waals surface area contributed by atoms with Gasteiger partial charge < -0.3 is 20.7 Å². The van der Waals surface area contributed by atoms with E-state index in [1.807, 2.05) is 0 Å². The molecule has 2 unspecified atom stereocenters. The standard InChI is InChI=1S/C31H24ClF2N7O4/c32-23-6-2-1-4-20(23)21-5-3-7-24(28(21)34)38-31(44)26-10-17(33)14-40(26)27(42)15-41-25-9-8-18(45-19-12-36-16-37-13-19)11-22(25)29(39-41)30(35)43/h1-9,11-13,16-17,26H,10,14-15H2,(H2,35,43)(H,38,44). The minimum Gasteiger partial charge on any atom is -0.454 e. The Kier molecular flexibility index (Phi) is 8.09. The number of rotatable bonds is 8. The maximum absolute atomic E-state index is 15.5. The van der Waals surface area contributed by atoms with Crippen molar-refractivity contribution in [2.75, 3.05) is 11.9 Å². The first-order chi connectivity index (χ1) is 21.7. The molecule has 0 saturated carbocycles. The maximum atomic E-state index is 15.5. The van der Waals surface area contributed by atoms with E-state index in [2.05, 4.69) is 20.4 Å². The number of hydrogen-bond acceptors (Lipinski definition) is 7. The number of likely N-dealkylation sites (tertiary alicyclic amines) is 1. The van der Waals surface area contributed by atoms with Crippen molar-refractivity contribution in [1.29, 1.82) is 0 Å². The average molecular weight is 632 g/mol. The summed E-state index contributed by atoms with van der Waals surface area (Å²) in [4.78, 5) is 47.9. The lowest BCUT2D eigenvalue weighted by Crippen LogP contribution is -2.44. The van der Waals surface area contributed by atoms with Gasteiger partial charge in [0.25, 0.3) is 5.91 Å². The number of ether oxygens (including phenoxy) is 1. The molecule has 1 fully saturated rings. The van der Waals surface area contributed by atoms with Gasteiger partial charge in [-0.25, -0.2) is 18.7 Å². The number of nitrogens with zero attached hydrogens (tertiary/aromatic N) is 5. The van der Waals surface area contributed by atoms with Crippen molar-refractivity contribution in [2.45, 2.75) is 25.2 Å². The number of alkyl halides is 1. The summed E-state index contributed by atoms with van der Waals surface area (Å²) in [6.45, 7) is -0.776. The van der Waals surface area contributed by atoms with E-state index in [4.69, 9.17) is 22.1 Å². The summed E-state index contributed by atoms with van der Waals surface area (Å²) in [6, 6.07) is 14.6. The first-order valence-corrected chi connectivity index (χ1v) is 14.1. The summed E-state index contributed by atoms with van der Waals surface area (Å²) in [5.41, 5.74) is 6.29. The zero-order valence-electron chi connectivity index (χ0n) is 23.4. The van der Waals surface area contributed by atoms with Crippen LogP contribution in [0.3, 0.4) is 0 Å². The predicted molar refractivity (Wildman–Crippen MR) is 161 cm³/mol. The highest BCUT2D eigenvalue weighted by Gasteiger charge is 2.40. The van der Waals surface area contributed by atoms with Crippen molar-refractivity contribution in [3.05, 3.63) is 95.9 Å². The summed E-state index contributed by atoms with van der Waals surface area (Å²) < 4.78 is 37.1. The fourth-order valence-electron chi connectivity index (χ4n) is 5.26. The molecule has 5 aromatic rings. The van der Waals surface area contributed by atoms with Crippen molar-refractivity contribution < 1.29 is 27.9 Å². The predicted octanol–water partition coefficient (Wildman–Crippen LogP) is 4.75. The molecule has 6 rings (SSSR count). The van der Waals surface area contributed by atoms with E-state index in [1.165, 1.54) is 41.6 Å². The van der Waals surface area contributed by atoms with Gasteiger partial charge >= 0.3 is 0 Å². The molecular weight excluding hydrogens is 608 g/mol. The molecule has 45 heavy (non-hydrogen) atoms. The largest absolute Gasteiger partial charge is 0.454 e. The van der Waals surface area contributed by atoms with Gasteiger partial charge in [-0.15, -0.1) is 0 Å². The summed E-state index contributed by atoms with van der Waals surface area (Å²) in [6.07, 6.45) is 2.50. The number of aromatic nitrogens is 4.